The van der Waals surface area contributed by atoms with Crippen LogP contribution in [0.25, 0.3) is 6.08 Å². The summed E-state index contributed by atoms with van der Waals surface area (Å²) in [5.41, 5.74) is 1.72. The van der Waals surface area contributed by atoms with Gasteiger partial charge in [0.2, 0.25) is 0 Å². The van der Waals surface area contributed by atoms with E-state index in [0.717, 1.165) is 10.9 Å². The smallest absolute Gasteiger partial charge is 0.609 e. The number of rotatable bonds is 7. The van der Waals surface area contributed by atoms with Gasteiger partial charge < -0.3 is 9.84 Å². The van der Waals surface area contributed by atoms with Gasteiger partial charge in [-0.3, -0.25) is 0 Å². The van der Waals surface area contributed by atoms with Gasteiger partial charge in [-0.15, -0.1) is 12.8 Å². The third-order valence-corrected chi connectivity index (χ3v) is 7.76. The van der Waals surface area contributed by atoms with Gasteiger partial charge in [-0.1, -0.05) is 121 Å². The molecule has 4 heteroatoms. The average Bonchev–Trinajstić information content (AvgIpc) is 3.65. The zero-order valence-electron chi connectivity index (χ0n) is 19.8. The van der Waals surface area contributed by atoms with E-state index in [1.165, 1.54) is 10.6 Å². The molecule has 0 amide bonds. The summed E-state index contributed by atoms with van der Waals surface area (Å²) in [6.45, 7) is 0.243. The Hall–Kier alpha value is -3.22. The van der Waals surface area contributed by atoms with Gasteiger partial charge >= 0.3 is 17.1 Å². The van der Waals surface area contributed by atoms with Crippen molar-refractivity contribution in [2.75, 3.05) is 6.61 Å². The maximum atomic E-state index is 12.9. The molecule has 2 aliphatic rings. The van der Waals surface area contributed by atoms with Gasteiger partial charge in [0.25, 0.3) is 0 Å². The van der Waals surface area contributed by atoms with Crippen LogP contribution in [0.2, 0.25) is 0 Å². The Morgan fingerprint density at radius 3 is 1.97 bits per heavy atom. The predicted molar refractivity (Wildman–Crippen MR) is 147 cm³/mol. The summed E-state index contributed by atoms with van der Waals surface area (Å²) in [5, 5.41) is 16.3. The SMILES string of the molecule is [CH]1[CH][CH-]C=C1.[Fe+2].[O-]/C(OC/C=C/c1ccccc1)=C1/C=CC=C1P(c1ccccc1)c1ccccc1. The third-order valence-electron chi connectivity index (χ3n) is 5.26. The van der Waals surface area contributed by atoms with Crippen LogP contribution in [-0.2, 0) is 21.8 Å². The zero-order valence-corrected chi connectivity index (χ0v) is 21.8. The van der Waals surface area contributed by atoms with Crippen molar-refractivity contribution in [1.29, 1.82) is 0 Å². The minimum atomic E-state index is -0.836. The first-order valence-electron chi connectivity index (χ1n) is 11.5. The Labute approximate surface area is 226 Å². The van der Waals surface area contributed by atoms with Crippen molar-refractivity contribution in [2.24, 2.45) is 0 Å². The molecule has 2 radical (unpaired) electrons. The largest absolute Gasteiger partial charge is 2.00 e. The van der Waals surface area contributed by atoms with Crippen molar-refractivity contribution in [3.8, 4) is 0 Å². The molecule has 0 heterocycles. The molecule has 0 unspecified atom stereocenters. The predicted octanol–water partition coefficient (Wildman–Crippen LogP) is 6.04. The third kappa shape index (κ3) is 7.90. The van der Waals surface area contributed by atoms with E-state index < -0.39 is 7.92 Å². The van der Waals surface area contributed by atoms with Gasteiger partial charge in [0.1, 0.15) is 0 Å². The second-order valence-electron chi connectivity index (χ2n) is 7.70. The van der Waals surface area contributed by atoms with E-state index in [2.05, 4.69) is 24.3 Å². The minimum absolute atomic E-state index is 0. The quantitative estimate of drug-likeness (QED) is 0.162. The van der Waals surface area contributed by atoms with E-state index in [1.54, 1.807) is 0 Å². The van der Waals surface area contributed by atoms with E-state index in [-0.39, 0.29) is 29.6 Å². The number of ether oxygens (including phenoxy) is 1. The average molecular weight is 530 g/mol. The summed E-state index contributed by atoms with van der Waals surface area (Å²) in [6, 6.07) is 30.7. The first-order valence-corrected chi connectivity index (χ1v) is 12.9. The molecule has 0 saturated heterocycles. The van der Waals surface area contributed by atoms with Gasteiger partial charge in [-0.05, 0) is 29.4 Å². The summed E-state index contributed by atoms with van der Waals surface area (Å²) in [7, 11) is -0.836. The molecule has 2 aliphatic carbocycles. The Morgan fingerprint density at radius 2 is 1.44 bits per heavy atom. The molecule has 0 aliphatic heterocycles. The Morgan fingerprint density at radius 1 is 0.833 bits per heavy atom. The summed E-state index contributed by atoms with van der Waals surface area (Å²) in [6.07, 6.45) is 19.7. The number of benzene rings is 3. The molecule has 36 heavy (non-hydrogen) atoms. The molecular formula is C32H27FeO2P. The van der Waals surface area contributed by atoms with Crippen LogP contribution < -0.4 is 15.7 Å². The van der Waals surface area contributed by atoms with Gasteiger partial charge in [0, 0.05) is 12.2 Å². The molecule has 180 valence electrons. The molecule has 0 aromatic heterocycles. The molecule has 0 spiro atoms. The van der Waals surface area contributed by atoms with Crippen LogP contribution in [0.5, 0.6) is 0 Å². The monoisotopic (exact) mass is 530 g/mol. The van der Waals surface area contributed by atoms with Crippen LogP contribution in [0.1, 0.15) is 5.56 Å². The van der Waals surface area contributed by atoms with Gasteiger partial charge in [0.15, 0.2) is 0 Å². The van der Waals surface area contributed by atoms with Crippen molar-refractivity contribution in [2.45, 2.75) is 0 Å². The van der Waals surface area contributed by atoms with Gasteiger partial charge in [-0.2, -0.15) is 0 Å². The molecule has 0 saturated carbocycles. The van der Waals surface area contributed by atoms with E-state index >= 15 is 0 Å². The topological polar surface area (TPSA) is 32.3 Å². The normalized spacial score (nSPS) is 15.1. The van der Waals surface area contributed by atoms with Crippen LogP contribution in [0.3, 0.4) is 0 Å². The molecule has 0 N–H and O–H groups in total. The van der Waals surface area contributed by atoms with Crippen LogP contribution in [0, 0.1) is 19.3 Å². The summed E-state index contributed by atoms with van der Waals surface area (Å²) in [5.74, 6) is -0.285. The molecule has 3 aromatic carbocycles. The van der Waals surface area contributed by atoms with Crippen LogP contribution in [0.4, 0.5) is 0 Å². The van der Waals surface area contributed by atoms with Crippen molar-refractivity contribution >= 4 is 24.6 Å². The maximum absolute atomic E-state index is 12.9. The summed E-state index contributed by atoms with van der Waals surface area (Å²) < 4.78 is 5.56. The van der Waals surface area contributed by atoms with Crippen molar-refractivity contribution < 1.29 is 26.9 Å². The number of hydrogen-bond donors (Lipinski definition) is 0. The van der Waals surface area contributed by atoms with Crippen molar-refractivity contribution in [3.63, 3.8) is 0 Å². The van der Waals surface area contributed by atoms with E-state index in [9.17, 15) is 5.11 Å². The van der Waals surface area contributed by atoms with Crippen LogP contribution in [0.15, 0.2) is 144 Å². The molecule has 3 aromatic rings. The first kappa shape index (κ1) is 27.4. The Kier molecular flexibility index (Phi) is 11.4. The van der Waals surface area contributed by atoms with Crippen LogP contribution >= 0.6 is 7.92 Å². The van der Waals surface area contributed by atoms with Gasteiger partial charge in [-0.25, -0.2) is 18.6 Å². The van der Waals surface area contributed by atoms with Crippen molar-refractivity contribution in [3.05, 3.63) is 169 Å². The number of allylic oxidation sites excluding steroid dienone is 7. The van der Waals surface area contributed by atoms with Crippen LogP contribution in [-0.4, -0.2) is 6.61 Å². The van der Waals surface area contributed by atoms with Crippen molar-refractivity contribution in [1.82, 2.24) is 0 Å². The molecular weight excluding hydrogens is 503 g/mol. The molecule has 0 fully saturated rings. The van der Waals surface area contributed by atoms with E-state index in [1.807, 2.05) is 129 Å². The van der Waals surface area contributed by atoms with Gasteiger partial charge in [0.05, 0.1) is 5.95 Å². The van der Waals surface area contributed by atoms with E-state index in [0.29, 0.717) is 5.57 Å². The fourth-order valence-electron chi connectivity index (χ4n) is 3.63. The number of hydrogen-bond acceptors (Lipinski definition) is 2. The summed E-state index contributed by atoms with van der Waals surface area (Å²) >= 11 is 0. The molecule has 0 bridgehead atoms. The minimum Gasteiger partial charge on any atom is -0.609 e. The molecule has 5 rings (SSSR count). The Balaban J connectivity index is 0.000000538. The molecule has 0 atom stereocenters. The maximum Gasteiger partial charge on any atom is 2.00 e. The standard InChI is InChI=1S/C27H23O2P.C5H5.Fe/c28-27(29-21-11-14-22-12-4-1-5-13-22)25-19-10-20-26(25)30(23-15-6-2-7-16-23)24-17-8-3-9-18-24;1-2-4-5-3-1;/h1-20,28H,21H2;1-5H;/q;-1;+2/p-1/b14-11+,27-25+;;. The zero-order chi connectivity index (χ0) is 24.1. The Bertz CT molecular complexity index is 1170. The van der Waals surface area contributed by atoms with E-state index in [4.69, 9.17) is 4.74 Å². The summed E-state index contributed by atoms with van der Waals surface area (Å²) in [4.78, 5) is 0. The second kappa shape index (κ2) is 15.0. The first-order chi connectivity index (χ1) is 17.3. The molecule has 2 nitrogen and oxygen atoms in total. The second-order valence-corrected chi connectivity index (χ2v) is 9.89. The fraction of sp³-hybridized carbons (Fsp3) is 0.0312. The fourth-order valence-corrected chi connectivity index (χ4v) is 6.07.